The third-order valence-electron chi connectivity index (χ3n) is 3.89. The number of carboxylic acids is 1. The van der Waals surface area contributed by atoms with Crippen LogP contribution in [0, 0.1) is 0 Å². The molecule has 2 N–H and O–H groups in total. The lowest BCUT2D eigenvalue weighted by Gasteiger charge is -2.42. The molecule has 0 atom stereocenters. The summed E-state index contributed by atoms with van der Waals surface area (Å²) in [7, 11) is 0. The van der Waals surface area contributed by atoms with Crippen LogP contribution >= 0.6 is 23.2 Å². The maximum Gasteiger partial charge on any atom is 0.317 e. The Bertz CT molecular complexity index is 484. The second-order valence-electron chi connectivity index (χ2n) is 5.44. The first-order valence-corrected chi connectivity index (χ1v) is 7.87. The zero-order valence-electron chi connectivity index (χ0n) is 12.0. The van der Waals surface area contributed by atoms with Gasteiger partial charge in [0.1, 0.15) is 0 Å². The summed E-state index contributed by atoms with van der Waals surface area (Å²) in [5.74, 6) is -0.762. The molecular formula is C15H20Cl2N2O2. The maximum absolute atomic E-state index is 10.8. The second kappa shape index (κ2) is 7.45. The number of hydrogen-bond acceptors (Lipinski definition) is 3. The summed E-state index contributed by atoms with van der Waals surface area (Å²) in [6, 6.07) is 6.32. The summed E-state index contributed by atoms with van der Waals surface area (Å²) in [5.41, 5.74) is 1.06. The molecule has 6 heteroatoms. The van der Waals surface area contributed by atoms with Gasteiger partial charge in [-0.3, -0.25) is 9.69 Å². The van der Waals surface area contributed by atoms with E-state index >= 15 is 0 Å². The van der Waals surface area contributed by atoms with Crippen molar-refractivity contribution in [2.75, 3.05) is 13.1 Å². The van der Waals surface area contributed by atoms with Crippen LogP contribution in [0.2, 0.25) is 10.0 Å². The van der Waals surface area contributed by atoms with E-state index in [9.17, 15) is 4.79 Å². The zero-order valence-corrected chi connectivity index (χ0v) is 13.5. The Morgan fingerprint density at radius 3 is 2.48 bits per heavy atom. The molecule has 0 heterocycles. The van der Waals surface area contributed by atoms with Crippen LogP contribution in [-0.2, 0) is 11.3 Å². The number of aliphatic carboxylic acids is 1. The molecule has 0 aliphatic heterocycles. The molecule has 0 saturated heterocycles. The van der Waals surface area contributed by atoms with Crippen LogP contribution in [-0.4, -0.2) is 41.1 Å². The van der Waals surface area contributed by atoms with Gasteiger partial charge in [0.15, 0.2) is 0 Å². The fourth-order valence-electron chi connectivity index (χ4n) is 2.70. The van der Waals surface area contributed by atoms with Gasteiger partial charge in [0.25, 0.3) is 0 Å². The number of hydrogen-bond donors (Lipinski definition) is 2. The van der Waals surface area contributed by atoms with E-state index in [0.717, 1.165) is 31.5 Å². The standard InChI is InChI=1S/C15H20Cl2N2O2/c1-2-19(9-15(20)21)14-6-13(7-14)18-8-10-3-11(16)5-12(17)4-10/h3-5,13-14,18H,2,6-9H2,1H3,(H,20,21). The first kappa shape index (κ1) is 16.6. The van der Waals surface area contributed by atoms with E-state index in [1.807, 2.05) is 24.0 Å². The van der Waals surface area contributed by atoms with Gasteiger partial charge >= 0.3 is 5.97 Å². The summed E-state index contributed by atoms with van der Waals surface area (Å²) in [4.78, 5) is 12.8. The highest BCUT2D eigenvalue weighted by Gasteiger charge is 2.33. The van der Waals surface area contributed by atoms with Crippen LogP contribution in [0.5, 0.6) is 0 Å². The Morgan fingerprint density at radius 2 is 1.95 bits per heavy atom. The van der Waals surface area contributed by atoms with Crippen molar-refractivity contribution in [2.24, 2.45) is 0 Å². The van der Waals surface area contributed by atoms with Gasteiger partial charge in [0.2, 0.25) is 0 Å². The largest absolute Gasteiger partial charge is 0.480 e. The molecule has 0 aromatic heterocycles. The highest BCUT2D eigenvalue weighted by atomic mass is 35.5. The number of nitrogens with zero attached hydrogens (tertiary/aromatic N) is 1. The molecule has 1 saturated carbocycles. The lowest BCUT2D eigenvalue weighted by molar-refractivity contribution is -0.139. The first-order chi connectivity index (χ1) is 9.97. The monoisotopic (exact) mass is 330 g/mol. The number of benzene rings is 1. The minimum absolute atomic E-state index is 0.123. The lowest BCUT2D eigenvalue weighted by Crippen LogP contribution is -2.53. The van der Waals surface area contributed by atoms with E-state index < -0.39 is 5.97 Å². The number of rotatable bonds is 7. The van der Waals surface area contributed by atoms with Crippen LogP contribution in [0.4, 0.5) is 0 Å². The maximum atomic E-state index is 10.8. The van der Waals surface area contributed by atoms with Gasteiger partial charge in [-0.1, -0.05) is 30.1 Å². The van der Waals surface area contributed by atoms with E-state index in [-0.39, 0.29) is 6.54 Å². The van der Waals surface area contributed by atoms with Gasteiger partial charge in [-0.25, -0.2) is 0 Å². The van der Waals surface area contributed by atoms with Crippen LogP contribution < -0.4 is 5.32 Å². The molecule has 1 fully saturated rings. The Kier molecular flexibility index (Phi) is 5.88. The van der Waals surface area contributed by atoms with E-state index in [1.165, 1.54) is 0 Å². The first-order valence-electron chi connectivity index (χ1n) is 7.12. The van der Waals surface area contributed by atoms with Crippen LogP contribution in [0.3, 0.4) is 0 Å². The molecule has 2 rings (SSSR count). The van der Waals surface area contributed by atoms with Gasteiger partial charge in [-0.05, 0) is 43.1 Å². The van der Waals surface area contributed by atoms with Crippen LogP contribution in [0.1, 0.15) is 25.3 Å². The summed E-state index contributed by atoms with van der Waals surface area (Å²) in [6.07, 6.45) is 1.96. The van der Waals surface area contributed by atoms with Crippen molar-refractivity contribution in [1.82, 2.24) is 10.2 Å². The van der Waals surface area contributed by atoms with Crippen molar-refractivity contribution >= 4 is 29.2 Å². The minimum Gasteiger partial charge on any atom is -0.480 e. The highest BCUT2D eigenvalue weighted by molar-refractivity contribution is 6.34. The molecule has 21 heavy (non-hydrogen) atoms. The summed E-state index contributed by atoms with van der Waals surface area (Å²) in [5, 5.41) is 13.6. The van der Waals surface area contributed by atoms with E-state index in [2.05, 4.69) is 5.32 Å². The number of likely N-dealkylation sites (N-methyl/N-ethyl adjacent to an activating group) is 1. The molecule has 0 unspecified atom stereocenters. The molecule has 0 bridgehead atoms. The fourth-order valence-corrected chi connectivity index (χ4v) is 3.27. The van der Waals surface area contributed by atoms with Crippen LogP contribution in [0.15, 0.2) is 18.2 Å². The van der Waals surface area contributed by atoms with E-state index in [4.69, 9.17) is 28.3 Å². The summed E-state index contributed by atoms with van der Waals surface area (Å²) in [6.45, 7) is 3.62. The number of carboxylic acid groups (broad SMARTS) is 1. The van der Waals surface area contributed by atoms with E-state index in [0.29, 0.717) is 22.1 Å². The van der Waals surface area contributed by atoms with Crippen molar-refractivity contribution in [3.63, 3.8) is 0 Å². The normalized spacial score (nSPS) is 21.3. The molecule has 1 aliphatic carbocycles. The fraction of sp³-hybridized carbons (Fsp3) is 0.533. The zero-order chi connectivity index (χ0) is 15.4. The Hall–Kier alpha value is -0.810. The summed E-state index contributed by atoms with van der Waals surface area (Å²) < 4.78 is 0. The quantitative estimate of drug-likeness (QED) is 0.806. The van der Waals surface area contributed by atoms with Gasteiger partial charge in [0.05, 0.1) is 6.54 Å². The van der Waals surface area contributed by atoms with Crippen LogP contribution in [0.25, 0.3) is 0 Å². The minimum atomic E-state index is -0.762. The Morgan fingerprint density at radius 1 is 1.33 bits per heavy atom. The summed E-state index contributed by atoms with van der Waals surface area (Å²) >= 11 is 11.9. The average molecular weight is 331 g/mol. The van der Waals surface area contributed by atoms with Crippen molar-refractivity contribution in [2.45, 2.75) is 38.4 Å². The van der Waals surface area contributed by atoms with Crippen molar-refractivity contribution in [3.8, 4) is 0 Å². The topological polar surface area (TPSA) is 52.6 Å². The molecule has 0 radical (unpaired) electrons. The third-order valence-corrected chi connectivity index (χ3v) is 4.33. The average Bonchev–Trinajstić information content (AvgIpc) is 2.33. The lowest BCUT2D eigenvalue weighted by atomic mass is 9.85. The molecule has 1 aromatic carbocycles. The predicted octanol–water partition coefficient (Wildman–Crippen LogP) is 3.02. The molecular weight excluding hydrogens is 311 g/mol. The third kappa shape index (κ3) is 4.85. The molecule has 1 aromatic rings. The predicted molar refractivity (Wildman–Crippen MR) is 85.0 cm³/mol. The number of carbonyl (C=O) groups is 1. The van der Waals surface area contributed by atoms with Crippen molar-refractivity contribution in [3.05, 3.63) is 33.8 Å². The Balaban J connectivity index is 1.76. The highest BCUT2D eigenvalue weighted by Crippen LogP contribution is 2.26. The molecule has 1 aliphatic rings. The molecule has 0 amide bonds. The Labute approximate surface area is 135 Å². The smallest absolute Gasteiger partial charge is 0.317 e. The molecule has 116 valence electrons. The molecule has 0 spiro atoms. The van der Waals surface area contributed by atoms with Gasteiger partial charge in [-0.15, -0.1) is 0 Å². The van der Waals surface area contributed by atoms with Gasteiger partial charge < -0.3 is 10.4 Å². The van der Waals surface area contributed by atoms with E-state index in [1.54, 1.807) is 6.07 Å². The van der Waals surface area contributed by atoms with Crippen molar-refractivity contribution in [1.29, 1.82) is 0 Å². The number of halogens is 2. The van der Waals surface area contributed by atoms with Crippen molar-refractivity contribution < 1.29 is 9.90 Å². The number of nitrogens with one attached hydrogen (secondary N) is 1. The SMILES string of the molecule is CCN(CC(=O)O)C1CC(NCc2cc(Cl)cc(Cl)c2)C1. The molecule has 4 nitrogen and oxygen atoms in total. The second-order valence-corrected chi connectivity index (χ2v) is 6.31. The van der Waals surface area contributed by atoms with Gasteiger partial charge in [-0.2, -0.15) is 0 Å². The van der Waals surface area contributed by atoms with Gasteiger partial charge in [0, 0.05) is 28.7 Å².